The van der Waals surface area contributed by atoms with Gasteiger partial charge in [0, 0.05) is 34.4 Å². The molecule has 6 rings (SSSR count). The lowest BCUT2D eigenvalue weighted by atomic mass is 10.1. The number of nitrogen functional groups attached to an aromatic ring is 1. The number of benzene rings is 2. The number of nitrogens with two attached hydrogens (primary N) is 1. The van der Waals surface area contributed by atoms with Gasteiger partial charge in [-0.25, -0.2) is 9.97 Å². The van der Waals surface area contributed by atoms with Crippen molar-refractivity contribution in [3.63, 3.8) is 0 Å². The number of ether oxygens (including phenoxy) is 1. The monoisotopic (exact) mass is 555 g/mol. The van der Waals surface area contributed by atoms with Crippen molar-refractivity contribution in [2.24, 2.45) is 0 Å². The molecule has 0 unspecified atom stereocenters. The third-order valence-corrected chi connectivity index (χ3v) is 8.14. The van der Waals surface area contributed by atoms with Crippen LogP contribution in [0.3, 0.4) is 0 Å². The van der Waals surface area contributed by atoms with Gasteiger partial charge in [0.15, 0.2) is 12.0 Å². The van der Waals surface area contributed by atoms with Crippen LogP contribution in [0, 0.1) is 6.92 Å². The van der Waals surface area contributed by atoms with Crippen molar-refractivity contribution in [2.75, 3.05) is 11.5 Å². The van der Waals surface area contributed by atoms with E-state index in [9.17, 15) is 10.2 Å². The summed E-state index contributed by atoms with van der Waals surface area (Å²) in [5.74, 6) is 2.15. The van der Waals surface area contributed by atoms with Gasteiger partial charge in [0.1, 0.15) is 30.0 Å². The Bertz CT molecular complexity index is 1640. The van der Waals surface area contributed by atoms with E-state index in [4.69, 9.17) is 15.0 Å². The van der Waals surface area contributed by atoms with Crippen LogP contribution in [0.5, 0.6) is 0 Å². The minimum absolute atomic E-state index is 0.329. The summed E-state index contributed by atoms with van der Waals surface area (Å²) in [6.07, 6.45) is 3.47. The molecular weight excluding hydrogens is 526 g/mol. The Kier molecular flexibility index (Phi) is 7.40. The first-order chi connectivity index (χ1) is 19.5. The van der Waals surface area contributed by atoms with E-state index in [-0.39, 0.29) is 0 Å². The van der Waals surface area contributed by atoms with Crippen LogP contribution in [0.15, 0.2) is 77.7 Å². The standard InChI is InChI=1S/C30H29N5O4S/c1-18-22(27(39-34-18)20-10-6-3-7-11-20)15-40-16-23-25(36)26(37)30(38-23)35-14-21(13-12-19-8-4-2-5-9-19)24-28(31)32-17-33-29(24)35/h2-14,17,23,25-26,30,36-37H,15-16H2,1H3,(H2,31,32,33)/b13-12+/t23-,25-,26-,30-/m1/s1. The summed E-state index contributed by atoms with van der Waals surface area (Å²) in [5, 5.41) is 26.8. The maximum absolute atomic E-state index is 11.0. The first-order valence-electron chi connectivity index (χ1n) is 13.0. The van der Waals surface area contributed by atoms with Crippen LogP contribution in [0.1, 0.15) is 28.6 Å². The Morgan fingerprint density at radius 3 is 2.52 bits per heavy atom. The van der Waals surface area contributed by atoms with Gasteiger partial charge in [0.25, 0.3) is 0 Å². The molecule has 4 N–H and O–H groups in total. The minimum Gasteiger partial charge on any atom is -0.387 e. The highest BCUT2D eigenvalue weighted by Crippen LogP contribution is 2.37. The predicted octanol–water partition coefficient (Wildman–Crippen LogP) is 4.70. The van der Waals surface area contributed by atoms with Gasteiger partial charge in [-0.05, 0) is 12.5 Å². The van der Waals surface area contributed by atoms with Gasteiger partial charge in [-0.2, -0.15) is 11.8 Å². The first-order valence-corrected chi connectivity index (χ1v) is 14.1. The summed E-state index contributed by atoms with van der Waals surface area (Å²) in [6, 6.07) is 19.7. The predicted molar refractivity (Wildman–Crippen MR) is 156 cm³/mol. The van der Waals surface area contributed by atoms with Crippen LogP contribution in [-0.4, -0.2) is 54.0 Å². The fourth-order valence-corrected chi connectivity index (χ4v) is 6.13. The molecule has 1 fully saturated rings. The maximum atomic E-state index is 11.0. The third kappa shape index (κ3) is 5.02. The molecule has 9 nitrogen and oxygen atoms in total. The Labute approximate surface area is 235 Å². The highest BCUT2D eigenvalue weighted by atomic mass is 32.2. The quantitative estimate of drug-likeness (QED) is 0.249. The molecule has 2 aromatic carbocycles. The number of aryl methyl sites for hydroxylation is 1. The van der Waals surface area contributed by atoms with E-state index in [1.807, 2.05) is 85.9 Å². The summed E-state index contributed by atoms with van der Waals surface area (Å²) < 4.78 is 13.6. The molecule has 5 aromatic rings. The van der Waals surface area contributed by atoms with Gasteiger partial charge >= 0.3 is 0 Å². The zero-order valence-corrected chi connectivity index (χ0v) is 22.6. The van der Waals surface area contributed by atoms with Crippen molar-refractivity contribution in [3.8, 4) is 11.3 Å². The molecule has 1 aliphatic rings. The lowest BCUT2D eigenvalue weighted by molar-refractivity contribution is -0.0285. The molecule has 40 heavy (non-hydrogen) atoms. The summed E-state index contributed by atoms with van der Waals surface area (Å²) >= 11 is 1.59. The highest BCUT2D eigenvalue weighted by Gasteiger charge is 2.44. The van der Waals surface area contributed by atoms with Crippen LogP contribution in [0.25, 0.3) is 34.5 Å². The lowest BCUT2D eigenvalue weighted by Crippen LogP contribution is -2.32. The van der Waals surface area contributed by atoms with Gasteiger partial charge in [-0.15, -0.1) is 0 Å². The second-order valence-corrected chi connectivity index (χ2v) is 10.7. The van der Waals surface area contributed by atoms with Gasteiger partial charge in [-0.1, -0.05) is 78.0 Å². The highest BCUT2D eigenvalue weighted by molar-refractivity contribution is 7.98. The van der Waals surface area contributed by atoms with Crippen molar-refractivity contribution in [3.05, 3.63) is 95.6 Å². The van der Waals surface area contributed by atoms with E-state index >= 15 is 0 Å². The minimum atomic E-state index is -1.15. The van der Waals surface area contributed by atoms with Crippen LogP contribution in [0.2, 0.25) is 0 Å². The maximum Gasteiger partial charge on any atom is 0.171 e. The molecule has 0 spiro atoms. The molecule has 0 amide bonds. The summed E-state index contributed by atoms with van der Waals surface area (Å²) in [5.41, 5.74) is 11.4. The zero-order chi connectivity index (χ0) is 27.6. The smallest absolute Gasteiger partial charge is 0.171 e. The molecule has 1 aliphatic heterocycles. The first kappa shape index (κ1) is 26.3. The molecule has 4 atom stereocenters. The normalized spacial score (nSPS) is 21.1. The van der Waals surface area contributed by atoms with Crippen molar-refractivity contribution in [2.45, 2.75) is 37.2 Å². The Morgan fingerprint density at radius 1 is 1.00 bits per heavy atom. The van der Waals surface area contributed by atoms with Crippen molar-refractivity contribution < 1.29 is 19.5 Å². The second-order valence-electron chi connectivity index (χ2n) is 9.70. The molecule has 0 radical (unpaired) electrons. The topological polar surface area (TPSA) is 132 Å². The average molecular weight is 556 g/mol. The van der Waals surface area contributed by atoms with Crippen molar-refractivity contribution in [1.82, 2.24) is 19.7 Å². The number of aliphatic hydroxyl groups is 2. The Balaban J connectivity index is 1.21. The fourth-order valence-electron chi connectivity index (χ4n) is 4.96. The number of fused-ring (bicyclic) bond motifs is 1. The van der Waals surface area contributed by atoms with E-state index in [0.717, 1.165) is 33.7 Å². The van der Waals surface area contributed by atoms with Crippen molar-refractivity contribution >= 4 is 40.8 Å². The number of aromatic nitrogens is 4. The number of hydrogen-bond acceptors (Lipinski definition) is 9. The van der Waals surface area contributed by atoms with Crippen LogP contribution in [0.4, 0.5) is 5.82 Å². The Morgan fingerprint density at radius 2 is 1.75 bits per heavy atom. The zero-order valence-electron chi connectivity index (χ0n) is 21.8. The van der Waals surface area contributed by atoms with Crippen LogP contribution >= 0.6 is 11.8 Å². The van der Waals surface area contributed by atoms with Crippen LogP contribution in [-0.2, 0) is 10.5 Å². The van der Waals surface area contributed by atoms with Gasteiger partial charge in [0.2, 0.25) is 0 Å². The molecule has 0 aliphatic carbocycles. The number of aliphatic hydroxyl groups excluding tert-OH is 2. The number of nitrogens with zero attached hydrogens (tertiary/aromatic N) is 4. The molecule has 3 aromatic heterocycles. The number of hydrogen-bond donors (Lipinski definition) is 3. The van der Waals surface area contributed by atoms with Gasteiger partial charge in [-0.3, -0.25) is 0 Å². The molecule has 0 saturated carbocycles. The van der Waals surface area contributed by atoms with E-state index in [1.54, 1.807) is 16.3 Å². The SMILES string of the molecule is Cc1noc(-c2ccccc2)c1CSC[C@H]1O[C@@H](n2cc(/C=C/c3ccccc3)c3c(N)ncnc32)[C@H](O)[C@@H]1O. The number of rotatable bonds is 8. The third-order valence-electron chi connectivity index (χ3n) is 7.08. The number of thioether (sulfide) groups is 1. The summed E-state index contributed by atoms with van der Waals surface area (Å²) in [7, 11) is 0. The summed E-state index contributed by atoms with van der Waals surface area (Å²) in [4.78, 5) is 8.60. The van der Waals surface area contributed by atoms with Crippen LogP contribution < -0.4 is 5.73 Å². The second kappa shape index (κ2) is 11.3. The molecular formula is C30H29N5O4S. The Hall–Kier alpha value is -3.96. The van der Waals surface area contributed by atoms with E-state index < -0.39 is 24.5 Å². The lowest BCUT2D eigenvalue weighted by Gasteiger charge is -2.17. The summed E-state index contributed by atoms with van der Waals surface area (Å²) in [6.45, 7) is 1.92. The molecule has 204 valence electrons. The molecule has 10 heteroatoms. The molecule has 4 heterocycles. The van der Waals surface area contributed by atoms with Gasteiger partial charge in [0.05, 0.1) is 17.2 Å². The van der Waals surface area contributed by atoms with E-state index in [1.165, 1.54) is 6.33 Å². The van der Waals surface area contributed by atoms with Gasteiger partial charge < -0.3 is 29.8 Å². The molecule has 1 saturated heterocycles. The van der Waals surface area contributed by atoms with E-state index in [0.29, 0.717) is 28.4 Å². The van der Waals surface area contributed by atoms with E-state index in [2.05, 4.69) is 15.1 Å². The molecule has 0 bridgehead atoms. The largest absolute Gasteiger partial charge is 0.387 e. The average Bonchev–Trinajstić information content (AvgIpc) is 3.63. The van der Waals surface area contributed by atoms with Crippen molar-refractivity contribution in [1.29, 1.82) is 0 Å². The fraction of sp³-hybridized carbons (Fsp3) is 0.233. The number of anilines is 1.